The van der Waals surface area contributed by atoms with Crippen molar-refractivity contribution in [2.45, 2.75) is 6.92 Å². The minimum atomic E-state index is 0.371. The quantitative estimate of drug-likeness (QED) is 0.801. The highest BCUT2D eigenvalue weighted by atomic mass is 35.5. The average Bonchev–Trinajstić information content (AvgIpc) is 2.73. The van der Waals surface area contributed by atoms with Crippen molar-refractivity contribution < 1.29 is 9.53 Å². The van der Waals surface area contributed by atoms with Crippen LogP contribution < -0.4 is 4.74 Å². The topological polar surface area (TPSA) is 44.1 Å². The standard InChI is InChI=1S/C13H13ClN2O2/c1-8-4-12(18-3)9(5-10(8)14)13-11(6-17)15-7-16(13)2/h4-7H,1-3H3. The summed E-state index contributed by atoms with van der Waals surface area (Å²) < 4.78 is 7.11. The molecule has 1 heterocycles. The normalized spacial score (nSPS) is 10.4. The molecule has 5 heteroatoms. The lowest BCUT2D eigenvalue weighted by molar-refractivity contribution is 0.112. The fourth-order valence-corrected chi connectivity index (χ4v) is 2.04. The molecule has 0 amide bonds. The fourth-order valence-electron chi connectivity index (χ4n) is 1.87. The van der Waals surface area contributed by atoms with Gasteiger partial charge < -0.3 is 9.30 Å². The maximum Gasteiger partial charge on any atom is 0.170 e. The van der Waals surface area contributed by atoms with Crippen LogP contribution in [-0.2, 0) is 7.05 Å². The fraction of sp³-hybridized carbons (Fsp3) is 0.231. The minimum absolute atomic E-state index is 0.371. The Hall–Kier alpha value is -1.81. The van der Waals surface area contributed by atoms with E-state index in [1.807, 2.05) is 20.0 Å². The van der Waals surface area contributed by atoms with Gasteiger partial charge in [0.15, 0.2) is 6.29 Å². The zero-order chi connectivity index (χ0) is 13.3. The Labute approximate surface area is 110 Å². The highest BCUT2D eigenvalue weighted by Gasteiger charge is 2.16. The molecule has 1 aromatic heterocycles. The van der Waals surface area contributed by atoms with Crippen molar-refractivity contribution in [1.82, 2.24) is 9.55 Å². The molecule has 0 spiro atoms. The van der Waals surface area contributed by atoms with E-state index in [0.29, 0.717) is 22.2 Å². The number of aryl methyl sites for hydroxylation is 2. The third kappa shape index (κ3) is 1.99. The molecule has 0 N–H and O–H groups in total. The maximum atomic E-state index is 11.0. The summed E-state index contributed by atoms with van der Waals surface area (Å²) in [5, 5.41) is 0.629. The number of carbonyl (C=O) groups is 1. The zero-order valence-corrected chi connectivity index (χ0v) is 11.2. The molecule has 0 aliphatic carbocycles. The van der Waals surface area contributed by atoms with E-state index >= 15 is 0 Å². The smallest absolute Gasteiger partial charge is 0.170 e. The summed E-state index contributed by atoms with van der Waals surface area (Å²) in [5.74, 6) is 0.670. The van der Waals surface area contributed by atoms with Gasteiger partial charge in [0, 0.05) is 17.6 Å². The Kier molecular flexibility index (Phi) is 3.39. The number of aldehydes is 1. The minimum Gasteiger partial charge on any atom is -0.496 e. The van der Waals surface area contributed by atoms with Crippen molar-refractivity contribution >= 4 is 17.9 Å². The maximum absolute atomic E-state index is 11.0. The number of ether oxygens (including phenoxy) is 1. The summed E-state index contributed by atoms with van der Waals surface area (Å²) in [7, 11) is 3.41. The summed E-state index contributed by atoms with van der Waals surface area (Å²) in [5.41, 5.74) is 2.75. The van der Waals surface area contributed by atoms with E-state index in [1.165, 1.54) is 0 Å². The molecule has 2 rings (SSSR count). The Morgan fingerprint density at radius 3 is 2.78 bits per heavy atom. The molecule has 0 radical (unpaired) electrons. The zero-order valence-electron chi connectivity index (χ0n) is 10.4. The van der Waals surface area contributed by atoms with E-state index < -0.39 is 0 Å². The van der Waals surface area contributed by atoms with Gasteiger partial charge >= 0.3 is 0 Å². The lowest BCUT2D eigenvalue weighted by atomic mass is 10.1. The van der Waals surface area contributed by atoms with Crippen LogP contribution in [0.1, 0.15) is 16.1 Å². The first-order valence-electron chi connectivity index (χ1n) is 5.39. The lowest BCUT2D eigenvalue weighted by Crippen LogP contribution is -1.97. The van der Waals surface area contributed by atoms with E-state index in [0.717, 1.165) is 17.4 Å². The predicted molar refractivity (Wildman–Crippen MR) is 70.3 cm³/mol. The van der Waals surface area contributed by atoms with Crippen LogP contribution in [0.3, 0.4) is 0 Å². The van der Waals surface area contributed by atoms with Crippen LogP contribution in [0.25, 0.3) is 11.3 Å². The first-order valence-corrected chi connectivity index (χ1v) is 5.77. The van der Waals surface area contributed by atoms with Gasteiger partial charge in [-0.3, -0.25) is 4.79 Å². The number of imidazole rings is 1. The Morgan fingerprint density at radius 1 is 1.44 bits per heavy atom. The van der Waals surface area contributed by atoms with Crippen molar-refractivity contribution in [2.75, 3.05) is 7.11 Å². The molecular formula is C13H13ClN2O2. The molecule has 0 atom stereocenters. The molecule has 1 aromatic carbocycles. The summed E-state index contributed by atoms with van der Waals surface area (Å²) >= 11 is 6.13. The van der Waals surface area contributed by atoms with Gasteiger partial charge in [-0.1, -0.05) is 11.6 Å². The highest BCUT2D eigenvalue weighted by Crippen LogP contribution is 2.35. The second-order valence-electron chi connectivity index (χ2n) is 4.01. The SMILES string of the molecule is COc1cc(C)c(Cl)cc1-c1c(C=O)ncn1C. The third-order valence-electron chi connectivity index (χ3n) is 2.81. The first-order chi connectivity index (χ1) is 8.58. The van der Waals surface area contributed by atoms with Crippen LogP contribution in [0.2, 0.25) is 5.02 Å². The second-order valence-corrected chi connectivity index (χ2v) is 4.42. The largest absolute Gasteiger partial charge is 0.496 e. The number of hydrogen-bond donors (Lipinski definition) is 0. The molecule has 0 aliphatic heterocycles. The average molecular weight is 265 g/mol. The number of methoxy groups -OCH3 is 1. The monoisotopic (exact) mass is 264 g/mol. The molecule has 0 aliphatic rings. The van der Waals surface area contributed by atoms with Crippen LogP contribution in [0.5, 0.6) is 5.75 Å². The molecule has 4 nitrogen and oxygen atoms in total. The molecule has 0 saturated heterocycles. The molecule has 18 heavy (non-hydrogen) atoms. The number of nitrogens with zero attached hydrogens (tertiary/aromatic N) is 2. The molecular weight excluding hydrogens is 252 g/mol. The molecule has 0 bridgehead atoms. The first kappa shape index (κ1) is 12.6. The van der Waals surface area contributed by atoms with Gasteiger partial charge in [-0.15, -0.1) is 0 Å². The molecule has 94 valence electrons. The van der Waals surface area contributed by atoms with Crippen molar-refractivity contribution in [3.8, 4) is 17.0 Å². The Morgan fingerprint density at radius 2 is 2.17 bits per heavy atom. The number of hydrogen-bond acceptors (Lipinski definition) is 3. The van der Waals surface area contributed by atoms with Crippen LogP contribution in [-0.4, -0.2) is 22.9 Å². The van der Waals surface area contributed by atoms with Crippen LogP contribution >= 0.6 is 11.6 Å². The van der Waals surface area contributed by atoms with E-state index in [4.69, 9.17) is 16.3 Å². The number of rotatable bonds is 3. The van der Waals surface area contributed by atoms with E-state index in [2.05, 4.69) is 4.98 Å². The predicted octanol–water partition coefficient (Wildman–Crippen LogP) is 2.87. The summed E-state index contributed by atoms with van der Waals surface area (Å²) in [6.45, 7) is 1.90. The van der Waals surface area contributed by atoms with Gasteiger partial charge in [0.25, 0.3) is 0 Å². The van der Waals surface area contributed by atoms with Crippen molar-refractivity contribution in [1.29, 1.82) is 0 Å². The second kappa shape index (κ2) is 4.82. The lowest BCUT2D eigenvalue weighted by Gasteiger charge is -2.12. The van der Waals surface area contributed by atoms with Gasteiger partial charge in [0.1, 0.15) is 11.4 Å². The molecule has 0 fully saturated rings. The molecule has 0 saturated carbocycles. The summed E-state index contributed by atoms with van der Waals surface area (Å²) in [4.78, 5) is 15.1. The van der Waals surface area contributed by atoms with Gasteiger partial charge in [-0.05, 0) is 24.6 Å². The van der Waals surface area contributed by atoms with Crippen LogP contribution in [0.4, 0.5) is 0 Å². The summed E-state index contributed by atoms with van der Waals surface area (Å²) in [6.07, 6.45) is 2.31. The van der Waals surface area contributed by atoms with Gasteiger partial charge in [-0.25, -0.2) is 4.98 Å². The van der Waals surface area contributed by atoms with Gasteiger partial charge in [0.2, 0.25) is 0 Å². The van der Waals surface area contributed by atoms with Crippen LogP contribution in [0.15, 0.2) is 18.5 Å². The number of benzene rings is 1. The third-order valence-corrected chi connectivity index (χ3v) is 3.22. The number of halogens is 1. The Bertz CT molecular complexity index is 605. The highest BCUT2D eigenvalue weighted by molar-refractivity contribution is 6.31. The van der Waals surface area contributed by atoms with Crippen molar-refractivity contribution in [3.05, 3.63) is 34.7 Å². The molecule has 0 unspecified atom stereocenters. The summed E-state index contributed by atoms with van der Waals surface area (Å²) in [6, 6.07) is 3.64. The molecule has 2 aromatic rings. The van der Waals surface area contributed by atoms with Crippen molar-refractivity contribution in [3.63, 3.8) is 0 Å². The van der Waals surface area contributed by atoms with E-state index in [9.17, 15) is 4.79 Å². The number of carbonyl (C=O) groups excluding carboxylic acids is 1. The van der Waals surface area contributed by atoms with E-state index in [1.54, 1.807) is 24.1 Å². The van der Waals surface area contributed by atoms with Crippen LogP contribution in [0, 0.1) is 6.92 Å². The van der Waals surface area contributed by atoms with E-state index in [-0.39, 0.29) is 0 Å². The van der Waals surface area contributed by atoms with Crippen molar-refractivity contribution in [2.24, 2.45) is 7.05 Å². The number of aromatic nitrogens is 2. The van der Waals surface area contributed by atoms with Gasteiger partial charge in [-0.2, -0.15) is 0 Å². The van der Waals surface area contributed by atoms with Gasteiger partial charge in [0.05, 0.1) is 19.1 Å². The Balaban J connectivity index is 2.73.